The molecule has 9 heteroatoms. The molecule has 1 atom stereocenters. The summed E-state index contributed by atoms with van der Waals surface area (Å²) in [4.78, 5) is 37.6. The highest BCUT2D eigenvalue weighted by Crippen LogP contribution is 2.36. The smallest absolute Gasteiger partial charge is 0.279 e. The number of halogens is 1. The largest absolute Gasteiger partial charge is 0.381 e. The molecule has 152 valence electrons. The van der Waals surface area contributed by atoms with E-state index < -0.39 is 29.3 Å². The molecule has 2 aliphatic heterocycles. The van der Waals surface area contributed by atoms with Gasteiger partial charge in [0, 0.05) is 41.8 Å². The van der Waals surface area contributed by atoms with Crippen LogP contribution in [0.3, 0.4) is 0 Å². The van der Waals surface area contributed by atoms with Gasteiger partial charge in [-0.05, 0) is 18.2 Å². The molecule has 2 heterocycles. The zero-order valence-corrected chi connectivity index (χ0v) is 15.7. The minimum Gasteiger partial charge on any atom is -0.381 e. The van der Waals surface area contributed by atoms with Crippen molar-refractivity contribution in [1.29, 1.82) is 5.26 Å². The topological polar surface area (TPSA) is 123 Å². The summed E-state index contributed by atoms with van der Waals surface area (Å²) in [5.74, 6) is -2.57. The van der Waals surface area contributed by atoms with Crippen LogP contribution in [0.2, 0.25) is 0 Å². The third-order valence-electron chi connectivity index (χ3n) is 5.40. The highest BCUT2D eigenvalue weighted by molar-refractivity contribution is 6.07. The summed E-state index contributed by atoms with van der Waals surface area (Å²) in [6.45, 7) is 0.0292. The Kier molecular flexibility index (Phi) is 4.72. The molecule has 0 aromatic heterocycles. The van der Waals surface area contributed by atoms with Crippen LogP contribution in [0, 0.1) is 17.1 Å². The van der Waals surface area contributed by atoms with Crippen molar-refractivity contribution in [1.82, 2.24) is 10.2 Å². The molecular weight excluding hydrogens is 391 g/mol. The van der Waals surface area contributed by atoms with Crippen LogP contribution in [-0.2, 0) is 22.7 Å². The van der Waals surface area contributed by atoms with Gasteiger partial charge in [0.15, 0.2) is 0 Å². The zero-order chi connectivity index (χ0) is 21.5. The molecule has 2 aromatic carbocycles. The number of anilines is 1. The van der Waals surface area contributed by atoms with E-state index in [2.05, 4.69) is 10.6 Å². The first-order valence-electron chi connectivity index (χ1n) is 9.27. The van der Waals surface area contributed by atoms with Crippen molar-refractivity contribution < 1.29 is 23.9 Å². The number of fused-ring (bicyclic) bond motifs is 1. The van der Waals surface area contributed by atoms with Crippen molar-refractivity contribution in [3.05, 3.63) is 64.5 Å². The molecule has 2 aromatic rings. The Hall–Kier alpha value is -3.77. The average molecular weight is 408 g/mol. The molecule has 0 aliphatic carbocycles. The molecule has 3 N–H and O–H groups in total. The van der Waals surface area contributed by atoms with E-state index in [-0.39, 0.29) is 37.1 Å². The van der Waals surface area contributed by atoms with Gasteiger partial charge >= 0.3 is 0 Å². The number of nitrogens with zero attached hydrogens (tertiary/aromatic N) is 2. The Morgan fingerprint density at radius 2 is 2.00 bits per heavy atom. The van der Waals surface area contributed by atoms with Crippen molar-refractivity contribution in [2.75, 3.05) is 5.32 Å². The zero-order valence-electron chi connectivity index (χ0n) is 15.7. The summed E-state index contributed by atoms with van der Waals surface area (Å²) in [6, 6.07) is 11.2. The fraction of sp³-hybridized carbons (Fsp3) is 0.238. The lowest BCUT2D eigenvalue weighted by molar-refractivity contribution is -0.167. The molecule has 8 nitrogen and oxygen atoms in total. The minimum absolute atomic E-state index is 0.0455. The number of imide groups is 1. The van der Waals surface area contributed by atoms with Crippen molar-refractivity contribution in [2.24, 2.45) is 0 Å². The number of aliphatic hydroxyl groups is 1. The average Bonchev–Trinajstić information content (AvgIpc) is 3.08. The fourth-order valence-electron chi connectivity index (χ4n) is 3.74. The van der Waals surface area contributed by atoms with Crippen molar-refractivity contribution >= 4 is 23.4 Å². The molecule has 0 saturated carbocycles. The van der Waals surface area contributed by atoms with Crippen LogP contribution in [0.25, 0.3) is 0 Å². The van der Waals surface area contributed by atoms with E-state index in [0.717, 1.165) is 4.90 Å². The number of carbonyl (C=O) groups excluding carboxylic acids is 3. The standard InChI is InChI=1S/C21H17FN4O4/c22-18-12(9-23)3-1-4-13(18)10-24-16-6-2-5-14-15(16)11-26(19(14)28)21(30)8-7-17(27)25-20(21)29/h1-6,24,30H,7-8,10-11H2,(H,25,27,29). The molecule has 2 aliphatic rings. The van der Waals surface area contributed by atoms with Gasteiger partial charge in [-0.2, -0.15) is 5.26 Å². The van der Waals surface area contributed by atoms with Gasteiger partial charge in [-0.3, -0.25) is 24.6 Å². The van der Waals surface area contributed by atoms with Crippen molar-refractivity contribution in [3.8, 4) is 6.07 Å². The molecule has 4 rings (SSSR count). The number of nitrogens with one attached hydrogen (secondary N) is 2. The fourth-order valence-corrected chi connectivity index (χ4v) is 3.74. The lowest BCUT2D eigenvalue weighted by Crippen LogP contribution is -2.63. The molecule has 0 bridgehead atoms. The van der Waals surface area contributed by atoms with Crippen LogP contribution in [0.1, 0.15) is 39.9 Å². The Labute approximate surface area is 170 Å². The summed E-state index contributed by atoms with van der Waals surface area (Å²) in [6.07, 6.45) is -0.270. The second-order valence-corrected chi connectivity index (χ2v) is 7.16. The number of amides is 3. The lowest BCUT2D eigenvalue weighted by atomic mass is 10.00. The van der Waals surface area contributed by atoms with Crippen LogP contribution < -0.4 is 10.6 Å². The predicted octanol–water partition coefficient (Wildman–Crippen LogP) is 1.39. The minimum atomic E-state index is -2.12. The number of rotatable bonds is 4. The lowest BCUT2D eigenvalue weighted by Gasteiger charge is -2.37. The van der Waals surface area contributed by atoms with Gasteiger partial charge in [0.05, 0.1) is 12.1 Å². The highest BCUT2D eigenvalue weighted by Gasteiger charge is 2.51. The van der Waals surface area contributed by atoms with Crippen LogP contribution in [0.5, 0.6) is 0 Å². The first-order valence-corrected chi connectivity index (χ1v) is 9.27. The molecule has 1 fully saturated rings. The van der Waals surface area contributed by atoms with Gasteiger partial charge in [-0.25, -0.2) is 4.39 Å². The highest BCUT2D eigenvalue weighted by atomic mass is 19.1. The van der Waals surface area contributed by atoms with Gasteiger partial charge in [0.2, 0.25) is 11.6 Å². The Morgan fingerprint density at radius 3 is 2.73 bits per heavy atom. The number of benzene rings is 2. The Morgan fingerprint density at radius 1 is 1.23 bits per heavy atom. The van der Waals surface area contributed by atoms with E-state index in [1.54, 1.807) is 36.4 Å². The number of piperidine rings is 1. The van der Waals surface area contributed by atoms with E-state index in [1.807, 2.05) is 0 Å². The second kappa shape index (κ2) is 7.24. The summed E-state index contributed by atoms with van der Waals surface area (Å²) >= 11 is 0. The maximum atomic E-state index is 14.3. The van der Waals surface area contributed by atoms with Crippen LogP contribution in [0.4, 0.5) is 10.1 Å². The predicted molar refractivity (Wildman–Crippen MR) is 102 cm³/mol. The van der Waals surface area contributed by atoms with Gasteiger partial charge in [-0.15, -0.1) is 0 Å². The van der Waals surface area contributed by atoms with Crippen LogP contribution in [0.15, 0.2) is 36.4 Å². The quantitative estimate of drug-likeness (QED) is 0.657. The Bertz CT molecular complexity index is 1130. The summed E-state index contributed by atoms with van der Waals surface area (Å²) in [5.41, 5.74) is -0.484. The third kappa shape index (κ3) is 3.07. The second-order valence-electron chi connectivity index (χ2n) is 7.16. The maximum Gasteiger partial charge on any atom is 0.279 e. The van der Waals surface area contributed by atoms with Gasteiger partial charge in [-0.1, -0.05) is 18.2 Å². The molecule has 0 radical (unpaired) electrons. The number of carbonyl (C=O) groups is 3. The van der Waals surface area contributed by atoms with E-state index in [1.165, 1.54) is 6.07 Å². The molecule has 1 unspecified atom stereocenters. The Balaban J connectivity index is 1.59. The van der Waals surface area contributed by atoms with Gasteiger partial charge in [0.25, 0.3) is 11.8 Å². The van der Waals surface area contributed by atoms with Crippen molar-refractivity contribution in [3.63, 3.8) is 0 Å². The van der Waals surface area contributed by atoms with Crippen LogP contribution >= 0.6 is 0 Å². The SMILES string of the molecule is N#Cc1cccc(CNc2cccc3c2CN(C2(O)CCC(=O)NC2=O)C3=O)c1F. The first-order chi connectivity index (χ1) is 14.3. The van der Waals surface area contributed by atoms with Crippen LogP contribution in [-0.4, -0.2) is 33.5 Å². The number of hydrogen-bond donors (Lipinski definition) is 3. The summed E-state index contributed by atoms with van der Waals surface area (Å²) < 4.78 is 14.3. The normalized spacial score (nSPS) is 20.6. The number of hydrogen-bond acceptors (Lipinski definition) is 6. The maximum absolute atomic E-state index is 14.3. The monoisotopic (exact) mass is 408 g/mol. The van der Waals surface area contributed by atoms with E-state index in [9.17, 15) is 23.9 Å². The molecule has 30 heavy (non-hydrogen) atoms. The summed E-state index contributed by atoms with van der Waals surface area (Å²) in [7, 11) is 0. The van der Waals surface area contributed by atoms with E-state index in [0.29, 0.717) is 16.8 Å². The molecule has 1 saturated heterocycles. The van der Waals surface area contributed by atoms with Gasteiger partial charge < -0.3 is 10.4 Å². The molecular formula is C21H17FN4O4. The van der Waals surface area contributed by atoms with Crippen molar-refractivity contribution in [2.45, 2.75) is 31.7 Å². The van der Waals surface area contributed by atoms with E-state index in [4.69, 9.17) is 5.26 Å². The first kappa shape index (κ1) is 19.5. The molecule has 3 amide bonds. The third-order valence-corrected chi connectivity index (χ3v) is 5.40. The number of nitriles is 1. The van der Waals surface area contributed by atoms with Gasteiger partial charge in [0.1, 0.15) is 11.9 Å². The molecule has 0 spiro atoms. The van der Waals surface area contributed by atoms with E-state index >= 15 is 0 Å². The summed E-state index contributed by atoms with van der Waals surface area (Å²) in [5, 5.41) is 24.9.